The zero-order chi connectivity index (χ0) is 20.7. The maximum Gasteiger partial charge on any atom is 0.251 e. The number of ether oxygens (including phenoxy) is 1. The van der Waals surface area contributed by atoms with Gasteiger partial charge in [0.2, 0.25) is 10.0 Å². The summed E-state index contributed by atoms with van der Waals surface area (Å²) in [5, 5.41) is 2.88. The van der Waals surface area contributed by atoms with Crippen LogP contribution >= 0.6 is 0 Å². The summed E-state index contributed by atoms with van der Waals surface area (Å²) in [4.78, 5) is 17.3. The number of carbonyl (C=O) groups excluding carboxylic acids is 1. The van der Waals surface area contributed by atoms with Crippen LogP contribution in [0.25, 0.3) is 0 Å². The predicted octanol–water partition coefficient (Wildman–Crippen LogP) is 0.703. The van der Waals surface area contributed by atoms with Crippen molar-refractivity contribution in [2.45, 2.75) is 18.2 Å². The lowest BCUT2D eigenvalue weighted by Crippen LogP contribution is -2.46. The third-order valence-corrected chi connectivity index (χ3v) is 6.87. The molecule has 28 heavy (non-hydrogen) atoms. The molecule has 1 aromatic rings. The van der Waals surface area contributed by atoms with Crippen LogP contribution in [0.2, 0.25) is 0 Å². The van der Waals surface area contributed by atoms with Crippen LogP contribution in [0.4, 0.5) is 0 Å². The van der Waals surface area contributed by atoms with Crippen LogP contribution in [0.15, 0.2) is 23.1 Å². The van der Waals surface area contributed by atoms with Crippen LogP contribution in [-0.4, -0.2) is 95.4 Å². The van der Waals surface area contributed by atoms with Gasteiger partial charge in [0.1, 0.15) is 10.6 Å². The number of methoxy groups -OCH3 is 1. The monoisotopic (exact) mass is 412 g/mol. The zero-order valence-electron chi connectivity index (χ0n) is 17.3. The summed E-state index contributed by atoms with van der Waals surface area (Å²) in [7, 11) is 0.595. The van der Waals surface area contributed by atoms with Crippen molar-refractivity contribution in [3.63, 3.8) is 0 Å². The Labute approximate surface area is 168 Å². The molecule has 158 valence electrons. The van der Waals surface area contributed by atoms with Crippen molar-refractivity contribution < 1.29 is 17.9 Å². The maximum atomic E-state index is 12.5. The Morgan fingerprint density at radius 1 is 1.18 bits per heavy atom. The molecular weight excluding hydrogens is 380 g/mol. The highest BCUT2D eigenvalue weighted by Gasteiger charge is 2.24. The van der Waals surface area contributed by atoms with E-state index in [2.05, 4.69) is 22.0 Å². The minimum atomic E-state index is -3.70. The quantitative estimate of drug-likeness (QED) is 0.602. The Balaban J connectivity index is 1.90. The van der Waals surface area contributed by atoms with E-state index in [9.17, 15) is 13.2 Å². The minimum Gasteiger partial charge on any atom is -0.495 e. The molecule has 0 aliphatic carbocycles. The number of nitrogens with one attached hydrogen (secondary N) is 1. The molecule has 1 aliphatic rings. The smallest absolute Gasteiger partial charge is 0.251 e. The standard InChI is InChI=1S/C19H32N4O4S/c1-5-22-11-13-23(14-12-22)10-6-9-20-19(24)16-7-8-17(27-4)18(15-16)28(25,26)21(2)3/h7-8,15H,5-6,9-14H2,1-4H3,(H,20,24). The lowest BCUT2D eigenvalue weighted by molar-refractivity contribution is 0.0948. The lowest BCUT2D eigenvalue weighted by atomic mass is 10.2. The van der Waals surface area contributed by atoms with Crippen molar-refractivity contribution >= 4 is 15.9 Å². The summed E-state index contributed by atoms with van der Waals surface area (Å²) in [6.45, 7) is 9.08. The topological polar surface area (TPSA) is 82.2 Å². The molecule has 0 atom stereocenters. The van der Waals surface area contributed by atoms with Gasteiger partial charge in [-0.3, -0.25) is 4.79 Å². The highest BCUT2D eigenvalue weighted by atomic mass is 32.2. The molecule has 0 radical (unpaired) electrons. The van der Waals surface area contributed by atoms with Crippen LogP contribution in [-0.2, 0) is 10.0 Å². The molecule has 9 heteroatoms. The summed E-state index contributed by atoms with van der Waals surface area (Å²) >= 11 is 0. The van der Waals surface area contributed by atoms with Crippen molar-refractivity contribution in [2.75, 3.05) is 67.0 Å². The highest BCUT2D eigenvalue weighted by Crippen LogP contribution is 2.26. The van der Waals surface area contributed by atoms with Gasteiger partial charge in [0.05, 0.1) is 7.11 Å². The fraction of sp³-hybridized carbons (Fsp3) is 0.632. The number of carbonyl (C=O) groups is 1. The molecule has 1 amide bonds. The second kappa shape index (κ2) is 10.2. The Hall–Kier alpha value is -1.68. The van der Waals surface area contributed by atoms with Crippen molar-refractivity contribution in [1.82, 2.24) is 19.4 Å². The van der Waals surface area contributed by atoms with Crippen molar-refractivity contribution in [2.24, 2.45) is 0 Å². The van der Waals surface area contributed by atoms with Gasteiger partial charge in [0.15, 0.2) is 0 Å². The van der Waals surface area contributed by atoms with E-state index in [-0.39, 0.29) is 16.6 Å². The molecule has 0 aromatic heterocycles. The number of likely N-dealkylation sites (N-methyl/N-ethyl adjacent to an activating group) is 1. The largest absolute Gasteiger partial charge is 0.495 e. The summed E-state index contributed by atoms with van der Waals surface area (Å²) < 4.78 is 31.2. The van der Waals surface area contributed by atoms with Gasteiger partial charge in [-0.25, -0.2) is 12.7 Å². The summed E-state index contributed by atoms with van der Waals surface area (Å²) in [5.41, 5.74) is 0.304. The number of benzene rings is 1. The Morgan fingerprint density at radius 2 is 1.82 bits per heavy atom. The molecule has 0 spiro atoms. The second-order valence-corrected chi connectivity index (χ2v) is 9.16. The molecule has 0 unspecified atom stereocenters. The molecule has 2 rings (SSSR count). The van der Waals surface area contributed by atoms with Gasteiger partial charge in [-0.05, 0) is 37.7 Å². The van der Waals surface area contributed by atoms with E-state index in [1.165, 1.54) is 33.3 Å². The normalized spacial score (nSPS) is 16.3. The van der Waals surface area contributed by atoms with Gasteiger partial charge < -0.3 is 19.9 Å². The van der Waals surface area contributed by atoms with E-state index in [4.69, 9.17) is 4.74 Å². The average Bonchev–Trinajstić information content (AvgIpc) is 2.70. The van der Waals surface area contributed by atoms with E-state index in [0.29, 0.717) is 12.1 Å². The maximum absolute atomic E-state index is 12.5. The van der Waals surface area contributed by atoms with Gasteiger partial charge in [-0.2, -0.15) is 0 Å². The SMILES string of the molecule is CCN1CCN(CCCNC(=O)c2ccc(OC)c(S(=O)(=O)N(C)C)c2)CC1. The molecule has 1 N–H and O–H groups in total. The molecule has 1 aromatic carbocycles. The third-order valence-electron chi connectivity index (χ3n) is 5.03. The Morgan fingerprint density at radius 3 is 2.39 bits per heavy atom. The average molecular weight is 413 g/mol. The van der Waals surface area contributed by atoms with Crippen LogP contribution in [0.3, 0.4) is 0 Å². The third kappa shape index (κ3) is 5.66. The predicted molar refractivity (Wildman–Crippen MR) is 109 cm³/mol. The van der Waals surface area contributed by atoms with Crippen molar-refractivity contribution in [3.8, 4) is 5.75 Å². The first-order valence-electron chi connectivity index (χ1n) is 9.63. The van der Waals surface area contributed by atoms with Crippen LogP contribution in [0.5, 0.6) is 5.75 Å². The van der Waals surface area contributed by atoms with E-state index in [1.54, 1.807) is 6.07 Å². The van der Waals surface area contributed by atoms with Gasteiger partial charge in [0, 0.05) is 52.4 Å². The van der Waals surface area contributed by atoms with Crippen molar-refractivity contribution in [3.05, 3.63) is 23.8 Å². The Bertz CT molecular complexity index is 759. The van der Waals surface area contributed by atoms with E-state index in [1.807, 2.05) is 0 Å². The summed E-state index contributed by atoms with van der Waals surface area (Å²) in [6.07, 6.45) is 0.858. The molecule has 1 fully saturated rings. The number of hydrogen-bond donors (Lipinski definition) is 1. The molecule has 1 aliphatic heterocycles. The molecule has 1 saturated heterocycles. The zero-order valence-corrected chi connectivity index (χ0v) is 18.1. The van der Waals surface area contributed by atoms with Crippen LogP contribution < -0.4 is 10.1 Å². The lowest BCUT2D eigenvalue weighted by Gasteiger charge is -2.33. The van der Waals surface area contributed by atoms with E-state index in [0.717, 1.165) is 50.0 Å². The first kappa shape index (κ1) is 22.6. The number of hydrogen-bond acceptors (Lipinski definition) is 6. The van der Waals surface area contributed by atoms with Gasteiger partial charge >= 0.3 is 0 Å². The molecular formula is C19H32N4O4S. The number of piperazine rings is 1. The number of sulfonamides is 1. The molecule has 1 heterocycles. The van der Waals surface area contributed by atoms with E-state index >= 15 is 0 Å². The van der Waals surface area contributed by atoms with Gasteiger partial charge in [-0.1, -0.05) is 6.92 Å². The van der Waals surface area contributed by atoms with E-state index < -0.39 is 10.0 Å². The first-order chi connectivity index (χ1) is 13.3. The molecule has 8 nitrogen and oxygen atoms in total. The molecule has 0 bridgehead atoms. The van der Waals surface area contributed by atoms with Crippen LogP contribution in [0.1, 0.15) is 23.7 Å². The first-order valence-corrected chi connectivity index (χ1v) is 11.1. The van der Waals surface area contributed by atoms with Gasteiger partial charge in [-0.15, -0.1) is 0 Å². The fourth-order valence-electron chi connectivity index (χ4n) is 3.15. The number of amides is 1. The molecule has 0 saturated carbocycles. The fourth-order valence-corrected chi connectivity index (χ4v) is 4.23. The summed E-state index contributed by atoms with van der Waals surface area (Å²) in [5.74, 6) is -0.0647. The minimum absolute atomic E-state index is 0.0126. The number of rotatable bonds is 9. The Kier molecular flexibility index (Phi) is 8.23. The van der Waals surface area contributed by atoms with Crippen molar-refractivity contribution in [1.29, 1.82) is 0 Å². The van der Waals surface area contributed by atoms with Gasteiger partial charge in [0.25, 0.3) is 5.91 Å². The highest BCUT2D eigenvalue weighted by molar-refractivity contribution is 7.89. The second-order valence-electron chi connectivity index (χ2n) is 7.04. The van der Waals surface area contributed by atoms with Crippen LogP contribution in [0, 0.1) is 0 Å². The number of nitrogens with zero attached hydrogens (tertiary/aromatic N) is 3. The summed E-state index contributed by atoms with van der Waals surface area (Å²) in [6, 6.07) is 4.46.